The first kappa shape index (κ1) is 19.3. The normalized spacial score (nSPS) is 11.2. The SMILES string of the molecule is Cc1csc(COc2nn3c(-c4ccccc4F)nncc3c2-c2ccccc2F)n1. The van der Waals surface area contributed by atoms with Gasteiger partial charge in [0.15, 0.2) is 5.82 Å². The molecule has 0 aliphatic heterocycles. The Morgan fingerprint density at radius 1 is 1.00 bits per heavy atom. The molecule has 5 rings (SSSR count). The predicted octanol–water partition coefficient (Wildman–Crippen LogP) is 5.08. The summed E-state index contributed by atoms with van der Waals surface area (Å²) >= 11 is 1.46. The fourth-order valence-corrected chi connectivity index (χ4v) is 3.98. The fraction of sp³-hybridized carbons (Fsp3) is 0.0909. The van der Waals surface area contributed by atoms with E-state index in [2.05, 4.69) is 20.3 Å². The van der Waals surface area contributed by atoms with Gasteiger partial charge in [-0.3, -0.25) is 0 Å². The first-order valence-corrected chi connectivity index (χ1v) is 10.3. The largest absolute Gasteiger partial charge is 0.469 e. The Balaban J connectivity index is 1.70. The third kappa shape index (κ3) is 3.53. The van der Waals surface area contributed by atoms with Crippen molar-refractivity contribution in [2.75, 3.05) is 0 Å². The van der Waals surface area contributed by atoms with E-state index in [-0.39, 0.29) is 23.9 Å². The number of halogens is 2. The number of ether oxygens (including phenoxy) is 1. The lowest BCUT2D eigenvalue weighted by Gasteiger charge is -2.06. The van der Waals surface area contributed by atoms with Crippen molar-refractivity contribution in [1.29, 1.82) is 0 Å². The third-order valence-corrected chi connectivity index (χ3v) is 5.62. The van der Waals surface area contributed by atoms with Gasteiger partial charge < -0.3 is 4.74 Å². The zero-order valence-electron chi connectivity index (χ0n) is 16.3. The highest BCUT2D eigenvalue weighted by Gasteiger charge is 2.23. The molecule has 154 valence electrons. The van der Waals surface area contributed by atoms with E-state index in [9.17, 15) is 8.78 Å². The van der Waals surface area contributed by atoms with Gasteiger partial charge in [0, 0.05) is 16.6 Å². The molecule has 9 heteroatoms. The van der Waals surface area contributed by atoms with E-state index in [1.165, 1.54) is 34.2 Å². The van der Waals surface area contributed by atoms with Crippen molar-refractivity contribution >= 4 is 16.9 Å². The van der Waals surface area contributed by atoms with Crippen LogP contribution in [0, 0.1) is 18.6 Å². The van der Waals surface area contributed by atoms with Crippen molar-refractivity contribution in [2.24, 2.45) is 0 Å². The molecule has 6 nitrogen and oxygen atoms in total. The lowest BCUT2D eigenvalue weighted by Crippen LogP contribution is -2.01. The van der Waals surface area contributed by atoms with Gasteiger partial charge in [-0.05, 0) is 25.1 Å². The molecule has 0 radical (unpaired) electrons. The number of thiazole rings is 1. The minimum absolute atomic E-state index is 0.166. The second-order valence-corrected chi connectivity index (χ2v) is 7.72. The smallest absolute Gasteiger partial charge is 0.242 e. The molecular formula is C22H15F2N5OS. The van der Waals surface area contributed by atoms with E-state index in [1.54, 1.807) is 36.4 Å². The second kappa shape index (κ2) is 7.84. The fourth-order valence-electron chi connectivity index (χ4n) is 3.30. The Morgan fingerprint density at radius 3 is 2.39 bits per heavy atom. The molecule has 3 heterocycles. The Bertz CT molecular complexity index is 1400. The van der Waals surface area contributed by atoms with Crippen molar-refractivity contribution in [2.45, 2.75) is 13.5 Å². The summed E-state index contributed by atoms with van der Waals surface area (Å²) in [7, 11) is 0. The van der Waals surface area contributed by atoms with Crippen LogP contribution in [0.25, 0.3) is 28.0 Å². The summed E-state index contributed by atoms with van der Waals surface area (Å²) in [4.78, 5) is 4.39. The maximum Gasteiger partial charge on any atom is 0.242 e. The number of hydrogen-bond donors (Lipinski definition) is 0. The molecule has 3 aromatic heterocycles. The Kier molecular flexibility index (Phi) is 4.87. The topological polar surface area (TPSA) is 65.2 Å². The molecule has 0 aliphatic carbocycles. The van der Waals surface area contributed by atoms with Gasteiger partial charge in [0.25, 0.3) is 0 Å². The van der Waals surface area contributed by atoms with E-state index >= 15 is 0 Å². The van der Waals surface area contributed by atoms with Crippen LogP contribution in [0.15, 0.2) is 60.1 Å². The zero-order valence-corrected chi connectivity index (χ0v) is 17.1. The first-order chi connectivity index (χ1) is 15.1. The zero-order chi connectivity index (χ0) is 21.4. The number of aryl methyl sites for hydroxylation is 1. The average molecular weight is 435 g/mol. The van der Waals surface area contributed by atoms with E-state index in [4.69, 9.17) is 4.74 Å². The summed E-state index contributed by atoms with van der Waals surface area (Å²) in [5, 5.41) is 15.3. The van der Waals surface area contributed by atoms with Crippen LogP contribution in [-0.2, 0) is 6.61 Å². The van der Waals surface area contributed by atoms with Crippen molar-refractivity contribution in [3.8, 4) is 28.4 Å². The van der Waals surface area contributed by atoms with Crippen LogP contribution in [0.4, 0.5) is 8.78 Å². The van der Waals surface area contributed by atoms with Gasteiger partial charge in [-0.2, -0.15) is 5.10 Å². The number of aromatic nitrogens is 5. The summed E-state index contributed by atoms with van der Waals surface area (Å²) in [6.45, 7) is 2.06. The maximum absolute atomic E-state index is 14.7. The van der Waals surface area contributed by atoms with E-state index in [0.717, 1.165) is 10.7 Å². The summed E-state index contributed by atoms with van der Waals surface area (Å²) in [5.74, 6) is -0.525. The van der Waals surface area contributed by atoms with Crippen molar-refractivity contribution in [3.63, 3.8) is 0 Å². The molecule has 0 spiro atoms. The quantitative estimate of drug-likeness (QED) is 0.385. The minimum atomic E-state index is -0.465. The highest BCUT2D eigenvalue weighted by molar-refractivity contribution is 7.09. The molecule has 31 heavy (non-hydrogen) atoms. The molecule has 0 amide bonds. The van der Waals surface area contributed by atoms with Crippen LogP contribution in [-0.4, -0.2) is 24.8 Å². The van der Waals surface area contributed by atoms with Gasteiger partial charge in [0.2, 0.25) is 5.88 Å². The second-order valence-electron chi connectivity index (χ2n) is 6.78. The molecule has 0 aliphatic rings. The molecule has 0 saturated heterocycles. The summed E-state index contributed by atoms with van der Waals surface area (Å²) in [6, 6.07) is 12.5. The summed E-state index contributed by atoms with van der Waals surface area (Å²) in [5.41, 5.74) is 2.28. The van der Waals surface area contributed by atoms with Crippen LogP contribution >= 0.6 is 11.3 Å². The molecule has 0 bridgehead atoms. The molecule has 5 aromatic rings. The number of nitrogens with zero attached hydrogens (tertiary/aromatic N) is 5. The van der Waals surface area contributed by atoms with E-state index in [1.807, 2.05) is 12.3 Å². The van der Waals surface area contributed by atoms with Crippen LogP contribution in [0.3, 0.4) is 0 Å². The van der Waals surface area contributed by atoms with E-state index in [0.29, 0.717) is 16.6 Å². The van der Waals surface area contributed by atoms with Crippen molar-refractivity contribution in [1.82, 2.24) is 24.8 Å². The van der Waals surface area contributed by atoms with Gasteiger partial charge in [0.1, 0.15) is 28.8 Å². The highest BCUT2D eigenvalue weighted by atomic mass is 32.1. The van der Waals surface area contributed by atoms with Crippen molar-refractivity contribution < 1.29 is 13.5 Å². The van der Waals surface area contributed by atoms with Crippen LogP contribution in [0.2, 0.25) is 0 Å². The van der Waals surface area contributed by atoms with Crippen LogP contribution in [0.5, 0.6) is 5.88 Å². The minimum Gasteiger partial charge on any atom is -0.469 e. The lowest BCUT2D eigenvalue weighted by atomic mass is 10.1. The van der Waals surface area contributed by atoms with Gasteiger partial charge in [0.05, 0.1) is 17.3 Å². The molecule has 0 unspecified atom stereocenters. The number of rotatable bonds is 5. The molecular weight excluding hydrogens is 420 g/mol. The van der Waals surface area contributed by atoms with Gasteiger partial charge in [-0.1, -0.05) is 30.3 Å². The van der Waals surface area contributed by atoms with E-state index < -0.39 is 11.6 Å². The number of hydrogen-bond acceptors (Lipinski definition) is 6. The monoisotopic (exact) mass is 435 g/mol. The maximum atomic E-state index is 14.7. The van der Waals surface area contributed by atoms with Crippen LogP contribution in [0.1, 0.15) is 10.7 Å². The Morgan fingerprint density at radius 2 is 1.71 bits per heavy atom. The lowest BCUT2D eigenvalue weighted by molar-refractivity contribution is 0.292. The van der Waals surface area contributed by atoms with Gasteiger partial charge in [-0.15, -0.1) is 21.5 Å². The summed E-state index contributed by atoms with van der Waals surface area (Å²) in [6.07, 6.45) is 1.46. The Labute approximate surface area is 179 Å². The Hall–Kier alpha value is -3.72. The molecule has 0 saturated carbocycles. The van der Waals surface area contributed by atoms with Crippen molar-refractivity contribution in [3.05, 3.63) is 82.4 Å². The molecule has 0 N–H and O–H groups in total. The number of fused-ring (bicyclic) bond motifs is 1. The summed E-state index contributed by atoms with van der Waals surface area (Å²) < 4.78 is 36.6. The van der Waals surface area contributed by atoms with Gasteiger partial charge in [-0.25, -0.2) is 18.3 Å². The van der Waals surface area contributed by atoms with Crippen LogP contribution < -0.4 is 4.74 Å². The molecule has 0 fully saturated rings. The third-order valence-electron chi connectivity index (χ3n) is 4.68. The average Bonchev–Trinajstić information content (AvgIpc) is 3.36. The number of benzene rings is 2. The van der Waals surface area contributed by atoms with Gasteiger partial charge >= 0.3 is 0 Å². The highest BCUT2D eigenvalue weighted by Crippen LogP contribution is 2.37. The molecule has 2 aromatic carbocycles. The predicted molar refractivity (Wildman–Crippen MR) is 113 cm³/mol. The first-order valence-electron chi connectivity index (χ1n) is 9.40. The molecule has 0 atom stereocenters. The standard InChI is InChI=1S/C22H15F2N5OS/c1-13-12-31-19(26-13)11-30-22-20(14-6-2-4-8-16(14)23)18-10-25-27-21(29(18)28-22)15-7-3-5-9-17(15)24/h2-10,12H,11H2,1H3.